The minimum absolute atomic E-state index is 0.854. The lowest BCUT2D eigenvalue weighted by atomic mass is 10.3. The molecule has 1 radical (unpaired) electrons. The summed E-state index contributed by atoms with van der Waals surface area (Å²) in [6.45, 7) is 6.51. The van der Waals surface area contributed by atoms with Crippen molar-refractivity contribution in [3.63, 3.8) is 0 Å². The Morgan fingerprint density at radius 3 is 2.36 bits per heavy atom. The van der Waals surface area contributed by atoms with Crippen LogP contribution in [0, 0.1) is 6.39 Å². The summed E-state index contributed by atoms with van der Waals surface area (Å²) in [4.78, 5) is 6.07. The molecular weight excluding hydrogens is 176 g/mol. The second-order valence-electron chi connectivity index (χ2n) is 3.48. The van der Waals surface area contributed by atoms with Gasteiger partial charge in [-0.2, -0.15) is 0 Å². The molecule has 3 heteroatoms. The maximum Gasteiger partial charge on any atom is 0.285 e. The van der Waals surface area contributed by atoms with E-state index in [-0.39, 0.29) is 0 Å². The van der Waals surface area contributed by atoms with Crippen molar-refractivity contribution in [2.45, 2.75) is 39.5 Å². The van der Waals surface area contributed by atoms with Crippen LogP contribution in [0.15, 0.2) is 10.6 Å². The summed E-state index contributed by atoms with van der Waals surface area (Å²) < 4.78 is 5.18. The molecule has 1 aromatic rings. The van der Waals surface area contributed by atoms with Crippen LogP contribution in [0.2, 0.25) is 0 Å². The molecule has 79 valence electrons. The van der Waals surface area contributed by atoms with E-state index in [0.717, 1.165) is 19.0 Å². The van der Waals surface area contributed by atoms with Gasteiger partial charge < -0.3 is 9.32 Å². The number of hydrogen-bond donors (Lipinski definition) is 0. The van der Waals surface area contributed by atoms with Gasteiger partial charge >= 0.3 is 0 Å². The fraction of sp³-hybridized carbons (Fsp3) is 0.727. The molecule has 0 amide bonds. The normalized spacial score (nSPS) is 10.4. The fourth-order valence-corrected chi connectivity index (χ4v) is 1.36. The molecule has 0 spiro atoms. The SMILES string of the molecule is CCCCN(CCCC)c1cn[c]o1. The molecule has 0 aromatic carbocycles. The predicted octanol–water partition coefficient (Wildman–Crippen LogP) is 2.88. The van der Waals surface area contributed by atoms with Crippen LogP contribution in [0.25, 0.3) is 0 Å². The lowest BCUT2D eigenvalue weighted by Gasteiger charge is -2.20. The van der Waals surface area contributed by atoms with E-state index >= 15 is 0 Å². The van der Waals surface area contributed by atoms with Crippen LogP contribution in [0.3, 0.4) is 0 Å². The Hall–Kier alpha value is -0.990. The van der Waals surface area contributed by atoms with Crippen molar-refractivity contribution < 1.29 is 4.42 Å². The first-order valence-electron chi connectivity index (χ1n) is 5.45. The standard InChI is InChI=1S/C11H19N2O/c1-3-5-7-13(8-6-4-2)11-9-12-10-14-11/h9H,3-8H2,1-2H3. The number of rotatable bonds is 7. The number of nitrogens with zero attached hydrogens (tertiary/aromatic N) is 2. The van der Waals surface area contributed by atoms with Gasteiger partial charge in [0.05, 0.1) is 6.20 Å². The summed E-state index contributed by atoms with van der Waals surface area (Å²) in [5.74, 6) is 0.854. The molecule has 0 atom stereocenters. The highest BCUT2D eigenvalue weighted by Crippen LogP contribution is 2.13. The highest BCUT2D eigenvalue weighted by Gasteiger charge is 2.08. The van der Waals surface area contributed by atoms with Crippen molar-refractivity contribution in [1.29, 1.82) is 0 Å². The van der Waals surface area contributed by atoms with Crippen LogP contribution in [0.4, 0.5) is 5.88 Å². The summed E-state index contributed by atoms with van der Waals surface area (Å²) >= 11 is 0. The molecule has 3 nitrogen and oxygen atoms in total. The Morgan fingerprint density at radius 1 is 1.29 bits per heavy atom. The quantitative estimate of drug-likeness (QED) is 0.670. The van der Waals surface area contributed by atoms with Gasteiger partial charge in [-0.15, -0.1) is 0 Å². The van der Waals surface area contributed by atoms with Crippen molar-refractivity contribution in [2.24, 2.45) is 0 Å². The molecule has 0 saturated heterocycles. The van der Waals surface area contributed by atoms with E-state index in [2.05, 4.69) is 30.1 Å². The Bertz CT molecular complexity index is 213. The maximum atomic E-state index is 5.18. The Kier molecular flexibility index (Phi) is 5.12. The number of unbranched alkanes of at least 4 members (excludes halogenated alkanes) is 2. The highest BCUT2D eigenvalue weighted by atomic mass is 16.4. The topological polar surface area (TPSA) is 29.3 Å². The van der Waals surface area contributed by atoms with Crippen molar-refractivity contribution >= 4 is 5.88 Å². The summed E-state index contributed by atoms with van der Waals surface area (Å²) in [7, 11) is 0. The van der Waals surface area contributed by atoms with Gasteiger partial charge in [0, 0.05) is 13.1 Å². The van der Waals surface area contributed by atoms with E-state index in [1.165, 1.54) is 25.7 Å². The molecule has 1 aromatic heterocycles. The largest absolute Gasteiger partial charge is 0.416 e. The number of oxazole rings is 1. The van der Waals surface area contributed by atoms with Crippen LogP contribution in [0.1, 0.15) is 39.5 Å². The summed E-state index contributed by atoms with van der Waals surface area (Å²) in [6.07, 6.45) is 9.05. The van der Waals surface area contributed by atoms with Gasteiger partial charge in [-0.25, -0.2) is 4.98 Å². The summed E-state index contributed by atoms with van der Waals surface area (Å²) in [5.41, 5.74) is 0. The van der Waals surface area contributed by atoms with E-state index in [9.17, 15) is 0 Å². The van der Waals surface area contributed by atoms with Gasteiger partial charge in [-0.3, -0.25) is 0 Å². The summed E-state index contributed by atoms with van der Waals surface area (Å²) in [6, 6.07) is 0. The first-order valence-corrected chi connectivity index (χ1v) is 5.45. The molecule has 0 unspecified atom stereocenters. The van der Waals surface area contributed by atoms with Crippen molar-refractivity contribution in [1.82, 2.24) is 4.98 Å². The number of aromatic nitrogens is 1. The first kappa shape index (κ1) is 11.1. The van der Waals surface area contributed by atoms with Gasteiger partial charge in [-0.05, 0) is 12.8 Å². The maximum absolute atomic E-state index is 5.18. The zero-order chi connectivity index (χ0) is 10.2. The molecule has 0 aliphatic heterocycles. The van der Waals surface area contributed by atoms with Crippen LogP contribution >= 0.6 is 0 Å². The first-order chi connectivity index (χ1) is 6.88. The molecule has 0 bridgehead atoms. The van der Waals surface area contributed by atoms with Crippen molar-refractivity contribution in [3.05, 3.63) is 12.6 Å². The Morgan fingerprint density at radius 2 is 1.93 bits per heavy atom. The van der Waals surface area contributed by atoms with E-state index < -0.39 is 0 Å². The van der Waals surface area contributed by atoms with Crippen molar-refractivity contribution in [3.8, 4) is 0 Å². The average molecular weight is 195 g/mol. The van der Waals surface area contributed by atoms with Crippen LogP contribution in [-0.2, 0) is 0 Å². The number of anilines is 1. The van der Waals surface area contributed by atoms with Crippen LogP contribution in [-0.4, -0.2) is 18.1 Å². The van der Waals surface area contributed by atoms with Gasteiger partial charge in [0.2, 0.25) is 5.88 Å². The third-order valence-electron chi connectivity index (χ3n) is 2.25. The molecular formula is C11H19N2O. The molecule has 14 heavy (non-hydrogen) atoms. The second-order valence-corrected chi connectivity index (χ2v) is 3.48. The zero-order valence-electron chi connectivity index (χ0n) is 9.12. The third kappa shape index (κ3) is 3.40. The van der Waals surface area contributed by atoms with Gasteiger partial charge in [0.25, 0.3) is 6.39 Å². The number of hydrogen-bond acceptors (Lipinski definition) is 3. The van der Waals surface area contributed by atoms with Crippen LogP contribution in [0.5, 0.6) is 0 Å². The third-order valence-corrected chi connectivity index (χ3v) is 2.25. The molecule has 0 fully saturated rings. The van der Waals surface area contributed by atoms with E-state index in [0.29, 0.717) is 0 Å². The van der Waals surface area contributed by atoms with E-state index in [4.69, 9.17) is 4.42 Å². The molecule has 0 aliphatic carbocycles. The lowest BCUT2D eigenvalue weighted by molar-refractivity contribution is 0.519. The van der Waals surface area contributed by atoms with E-state index in [1.54, 1.807) is 6.20 Å². The van der Waals surface area contributed by atoms with E-state index in [1.807, 2.05) is 0 Å². The zero-order valence-corrected chi connectivity index (χ0v) is 9.12. The van der Waals surface area contributed by atoms with Crippen LogP contribution < -0.4 is 4.90 Å². The monoisotopic (exact) mass is 195 g/mol. The molecule has 1 rings (SSSR count). The highest BCUT2D eigenvalue weighted by molar-refractivity contribution is 5.30. The Balaban J connectivity index is 2.44. The fourth-order valence-electron chi connectivity index (χ4n) is 1.36. The molecule has 0 N–H and O–H groups in total. The van der Waals surface area contributed by atoms with Gasteiger partial charge in [-0.1, -0.05) is 26.7 Å². The lowest BCUT2D eigenvalue weighted by Crippen LogP contribution is -2.25. The average Bonchev–Trinajstić information content (AvgIpc) is 2.71. The molecule has 0 aliphatic rings. The molecule has 1 heterocycles. The summed E-state index contributed by atoms with van der Waals surface area (Å²) in [5, 5.41) is 0. The minimum Gasteiger partial charge on any atom is -0.416 e. The predicted molar refractivity (Wildman–Crippen MR) is 57.4 cm³/mol. The second kappa shape index (κ2) is 6.46. The smallest absolute Gasteiger partial charge is 0.285 e. The van der Waals surface area contributed by atoms with Crippen molar-refractivity contribution in [2.75, 3.05) is 18.0 Å². The van der Waals surface area contributed by atoms with Gasteiger partial charge in [0.15, 0.2) is 0 Å². The molecule has 0 saturated carbocycles. The Labute approximate surface area is 86.1 Å². The minimum atomic E-state index is 0.854. The van der Waals surface area contributed by atoms with Gasteiger partial charge in [0.1, 0.15) is 0 Å².